The third kappa shape index (κ3) is 9.68. The number of aliphatic hydroxyl groups is 12. The molecule has 67 heavy (non-hydrogen) atoms. The average molecular weight is 965 g/mol. The summed E-state index contributed by atoms with van der Waals surface area (Å²) in [6.45, 7) is 6.53. The fraction of sp³-hybridized carbons (Fsp3) is 0.957. The van der Waals surface area contributed by atoms with Gasteiger partial charge in [0.2, 0.25) is 0 Å². The van der Waals surface area contributed by atoms with Crippen molar-refractivity contribution >= 4 is 0 Å². The lowest BCUT2D eigenvalue weighted by Crippen LogP contribution is -2.65. The highest BCUT2D eigenvalue weighted by atomic mass is 16.8. The molecule has 4 heterocycles. The molecule has 0 radical (unpaired) electrons. The molecule has 4 aliphatic heterocycles. The van der Waals surface area contributed by atoms with Crippen LogP contribution in [0.5, 0.6) is 0 Å². The molecule has 4 saturated heterocycles. The van der Waals surface area contributed by atoms with Crippen LogP contribution in [-0.4, -0.2) is 223 Å². The SMILES string of the molecule is CO[C@H]1[C@@H](O)[C@@H](C)O[C@@H](O[C@H](C)C2CCC3C4CC=C5C[C@@H](O)CC[C@]5(C)C4CC[C@@]32C)[C@@H]1O[C@@H]1O[C@H](CO[C@@H]2O[C@H](CO[C@@H]3O[C@H](CO)[C@@H](O)[C@H](O)[C@H]3O)[C@@H](O)[C@H](O)[C@H]2O)[C@@H](O)[C@H](O)[C@H]1O. The van der Waals surface area contributed by atoms with Crippen LogP contribution >= 0.6 is 0 Å². The van der Waals surface area contributed by atoms with E-state index in [1.165, 1.54) is 12.7 Å². The van der Waals surface area contributed by atoms with E-state index in [1.54, 1.807) is 6.92 Å². The van der Waals surface area contributed by atoms with Crippen LogP contribution in [0.3, 0.4) is 0 Å². The van der Waals surface area contributed by atoms with Gasteiger partial charge in [0.25, 0.3) is 0 Å². The van der Waals surface area contributed by atoms with E-state index in [2.05, 4.69) is 19.9 Å². The van der Waals surface area contributed by atoms with Crippen LogP contribution < -0.4 is 0 Å². The van der Waals surface area contributed by atoms with Crippen LogP contribution in [-0.2, 0) is 42.6 Å². The average Bonchev–Trinajstić information content (AvgIpc) is 3.67. The second-order valence-electron chi connectivity index (χ2n) is 21.1. The zero-order valence-electron chi connectivity index (χ0n) is 38.9. The third-order valence-electron chi connectivity index (χ3n) is 17.4. The first-order chi connectivity index (χ1) is 31.7. The molecule has 4 aliphatic carbocycles. The molecule has 28 atom stereocenters. The second kappa shape index (κ2) is 20.8. The summed E-state index contributed by atoms with van der Waals surface area (Å²) < 4.78 is 53.4. The van der Waals surface area contributed by atoms with Crippen LogP contribution in [0.25, 0.3) is 0 Å². The van der Waals surface area contributed by atoms with Crippen molar-refractivity contribution in [2.24, 2.45) is 34.5 Å². The maximum atomic E-state index is 11.3. The predicted octanol–water partition coefficient (Wildman–Crippen LogP) is -2.71. The molecule has 0 aromatic carbocycles. The third-order valence-corrected chi connectivity index (χ3v) is 17.4. The highest BCUT2D eigenvalue weighted by Crippen LogP contribution is 2.67. The molecule has 3 saturated carbocycles. The first kappa shape index (κ1) is 52.2. The van der Waals surface area contributed by atoms with Crippen LogP contribution in [0, 0.1) is 34.5 Å². The Kier molecular flexibility index (Phi) is 16.2. The fourth-order valence-electron chi connectivity index (χ4n) is 13.4. The van der Waals surface area contributed by atoms with Gasteiger partial charge in [-0.2, -0.15) is 0 Å². The molecule has 21 heteroatoms. The van der Waals surface area contributed by atoms with Gasteiger partial charge in [-0.1, -0.05) is 25.5 Å². The molecule has 0 aromatic rings. The summed E-state index contributed by atoms with van der Waals surface area (Å²) in [6.07, 6.45) is -21.1. The lowest BCUT2D eigenvalue weighted by molar-refractivity contribution is -0.377. The maximum absolute atomic E-state index is 11.3. The molecule has 4 unspecified atom stereocenters. The van der Waals surface area contributed by atoms with Crippen LogP contribution in [0.15, 0.2) is 11.6 Å². The molecule has 8 rings (SSSR count). The van der Waals surface area contributed by atoms with Crippen molar-refractivity contribution in [3.8, 4) is 0 Å². The van der Waals surface area contributed by atoms with Gasteiger partial charge in [0.05, 0.1) is 38.1 Å². The number of rotatable bonds is 13. The van der Waals surface area contributed by atoms with Gasteiger partial charge in [-0.25, -0.2) is 0 Å². The summed E-state index contributed by atoms with van der Waals surface area (Å²) in [4.78, 5) is 0. The van der Waals surface area contributed by atoms with E-state index in [4.69, 9.17) is 42.6 Å². The minimum absolute atomic E-state index is 0.0233. The van der Waals surface area contributed by atoms with Gasteiger partial charge < -0.3 is 104 Å². The highest BCUT2D eigenvalue weighted by molar-refractivity contribution is 5.25. The standard InChI is InChI=1S/C46H76O21/c1-18(23-8-9-24-22-7-6-20-14-21(48)10-12-45(20,3)25(22)11-13-46(23,24)4)62-44-40(39(59-5)29(49)19(2)63-44)67-43-38(58)35(55)32(52)28(66-43)17-61-42-37(57)34(54)31(51)27(65-42)16-60-41-36(56)33(53)30(50)26(15-47)64-41/h6,18-19,21-44,47-58H,7-17H2,1-5H3/t18-,19-,21+,22?,23?,24?,25?,26-,27-,28-,29+,30-,31-,32-,33+,34+,35+,36-,37-,38-,39+,40-,41-,42-,43+,44-,45+,46-/m1/s1. The van der Waals surface area contributed by atoms with E-state index in [-0.39, 0.29) is 29.0 Å². The predicted molar refractivity (Wildman–Crippen MR) is 227 cm³/mol. The molecular formula is C46H76O21. The molecule has 0 bridgehead atoms. The Morgan fingerprint density at radius 2 is 1.19 bits per heavy atom. The Labute approximate surface area is 390 Å². The monoisotopic (exact) mass is 964 g/mol. The Balaban J connectivity index is 0.920. The number of methoxy groups -OCH3 is 1. The summed E-state index contributed by atoms with van der Waals surface area (Å²) in [5.74, 6) is 1.73. The molecular weight excluding hydrogens is 888 g/mol. The number of hydrogen-bond acceptors (Lipinski definition) is 21. The summed E-state index contributed by atoms with van der Waals surface area (Å²) >= 11 is 0. The summed E-state index contributed by atoms with van der Waals surface area (Å²) in [6, 6.07) is 0. The molecule has 7 fully saturated rings. The van der Waals surface area contributed by atoms with Crippen molar-refractivity contribution in [2.45, 2.75) is 214 Å². The van der Waals surface area contributed by atoms with Gasteiger partial charge in [-0.15, -0.1) is 0 Å². The van der Waals surface area contributed by atoms with E-state index in [1.807, 2.05) is 6.92 Å². The van der Waals surface area contributed by atoms with Gasteiger partial charge in [-0.05, 0) is 99.7 Å². The Hall–Kier alpha value is -1.10. The quantitative estimate of drug-likeness (QED) is 0.0835. The van der Waals surface area contributed by atoms with Crippen molar-refractivity contribution in [3.63, 3.8) is 0 Å². The molecule has 12 N–H and O–H groups in total. The number of aliphatic hydroxyl groups excluding tert-OH is 12. The minimum Gasteiger partial charge on any atom is -0.394 e. The van der Waals surface area contributed by atoms with Gasteiger partial charge in [0, 0.05) is 7.11 Å². The van der Waals surface area contributed by atoms with Gasteiger partial charge in [0.1, 0.15) is 91.6 Å². The smallest absolute Gasteiger partial charge is 0.187 e. The van der Waals surface area contributed by atoms with E-state index in [0.29, 0.717) is 17.8 Å². The molecule has 21 nitrogen and oxygen atoms in total. The highest BCUT2D eigenvalue weighted by Gasteiger charge is 2.61. The van der Waals surface area contributed by atoms with Crippen molar-refractivity contribution in [1.29, 1.82) is 0 Å². The molecule has 0 spiro atoms. The van der Waals surface area contributed by atoms with Gasteiger partial charge in [-0.3, -0.25) is 0 Å². The normalized spacial score (nSPS) is 54.1. The number of ether oxygens (including phenoxy) is 9. The molecule has 8 aliphatic rings. The largest absolute Gasteiger partial charge is 0.394 e. The van der Waals surface area contributed by atoms with E-state index >= 15 is 0 Å². The lowest BCUT2D eigenvalue weighted by Gasteiger charge is -2.58. The van der Waals surface area contributed by atoms with Crippen molar-refractivity contribution in [2.75, 3.05) is 26.9 Å². The topological polar surface area (TPSA) is 326 Å². The first-order valence-corrected chi connectivity index (χ1v) is 24.2. The van der Waals surface area contributed by atoms with Gasteiger partial charge >= 0.3 is 0 Å². The molecule has 386 valence electrons. The summed E-state index contributed by atoms with van der Waals surface area (Å²) in [5.41, 5.74) is 1.51. The fourth-order valence-corrected chi connectivity index (χ4v) is 13.4. The van der Waals surface area contributed by atoms with Gasteiger partial charge in [0.15, 0.2) is 25.2 Å². The summed E-state index contributed by atoms with van der Waals surface area (Å²) in [7, 11) is 1.39. The van der Waals surface area contributed by atoms with Crippen LogP contribution in [0.2, 0.25) is 0 Å². The molecule has 0 aromatic heterocycles. The van der Waals surface area contributed by atoms with Crippen molar-refractivity contribution in [3.05, 3.63) is 11.6 Å². The van der Waals surface area contributed by atoms with Crippen molar-refractivity contribution in [1.82, 2.24) is 0 Å². The lowest BCUT2D eigenvalue weighted by atomic mass is 9.47. The number of fused-ring (bicyclic) bond motifs is 5. The molecule has 0 amide bonds. The number of hydrogen-bond donors (Lipinski definition) is 12. The Bertz CT molecular complexity index is 1680. The van der Waals surface area contributed by atoms with Crippen LogP contribution in [0.1, 0.15) is 79.1 Å². The van der Waals surface area contributed by atoms with E-state index in [0.717, 1.165) is 51.4 Å². The summed E-state index contributed by atoms with van der Waals surface area (Å²) in [5, 5.41) is 127. The minimum atomic E-state index is -1.87. The zero-order chi connectivity index (χ0) is 48.4. The van der Waals surface area contributed by atoms with Crippen LogP contribution in [0.4, 0.5) is 0 Å². The first-order valence-electron chi connectivity index (χ1n) is 24.2. The second-order valence-corrected chi connectivity index (χ2v) is 21.1. The van der Waals surface area contributed by atoms with Crippen molar-refractivity contribution < 1.29 is 104 Å². The zero-order valence-corrected chi connectivity index (χ0v) is 38.9. The number of allylic oxidation sites excluding steroid dienone is 1. The Morgan fingerprint density at radius 3 is 1.79 bits per heavy atom. The Morgan fingerprint density at radius 1 is 0.627 bits per heavy atom. The van der Waals surface area contributed by atoms with E-state index in [9.17, 15) is 61.3 Å². The maximum Gasteiger partial charge on any atom is 0.187 e. The van der Waals surface area contributed by atoms with E-state index < -0.39 is 143 Å².